The van der Waals surface area contributed by atoms with Crippen molar-refractivity contribution in [2.45, 2.75) is 12.5 Å². The van der Waals surface area contributed by atoms with Gasteiger partial charge in [0.05, 0.1) is 12.8 Å². The molecule has 0 aliphatic carbocycles. The zero-order chi connectivity index (χ0) is 22.0. The summed E-state index contributed by atoms with van der Waals surface area (Å²) in [5.41, 5.74) is 0.514. The first-order valence-corrected chi connectivity index (χ1v) is 10.3. The first kappa shape index (κ1) is 20.7. The van der Waals surface area contributed by atoms with E-state index in [2.05, 4.69) is 10.2 Å². The van der Waals surface area contributed by atoms with Crippen molar-refractivity contribution in [3.05, 3.63) is 60.2 Å². The van der Waals surface area contributed by atoms with Crippen molar-refractivity contribution in [1.82, 2.24) is 15.1 Å². The summed E-state index contributed by atoms with van der Waals surface area (Å²) in [7, 11) is 1.64. The molecule has 2 fully saturated rings. The molecular formula is C23H26N4O4. The van der Waals surface area contributed by atoms with Gasteiger partial charge in [-0.2, -0.15) is 0 Å². The lowest BCUT2D eigenvalue weighted by atomic mass is 9.92. The number of carbonyl (C=O) groups excluding carboxylic acids is 3. The van der Waals surface area contributed by atoms with Gasteiger partial charge in [-0.15, -0.1) is 0 Å². The summed E-state index contributed by atoms with van der Waals surface area (Å²) in [6, 6.07) is 16.3. The quantitative estimate of drug-likeness (QED) is 0.744. The van der Waals surface area contributed by atoms with Crippen molar-refractivity contribution < 1.29 is 19.1 Å². The fourth-order valence-electron chi connectivity index (χ4n) is 4.13. The standard InChI is InChI=1S/C23H26N4O4/c1-23(17-8-4-3-5-9-17)21(29)27(22(30)24-23)16-20(28)26-14-12-25(13-15-26)18-10-6-7-11-19(18)31-2/h3-11H,12-16H2,1-2H3,(H,24,30)/t23-/m1/s1. The van der Waals surface area contributed by atoms with Crippen LogP contribution in [-0.4, -0.2) is 67.5 Å². The maximum atomic E-state index is 13.0. The Morgan fingerprint density at radius 3 is 2.32 bits per heavy atom. The van der Waals surface area contributed by atoms with Gasteiger partial charge in [0, 0.05) is 26.2 Å². The lowest BCUT2D eigenvalue weighted by Crippen LogP contribution is -2.52. The van der Waals surface area contributed by atoms with Crippen LogP contribution in [-0.2, 0) is 15.1 Å². The Hall–Kier alpha value is -3.55. The van der Waals surface area contributed by atoms with Gasteiger partial charge >= 0.3 is 6.03 Å². The van der Waals surface area contributed by atoms with Crippen molar-refractivity contribution >= 4 is 23.5 Å². The van der Waals surface area contributed by atoms with Crippen molar-refractivity contribution in [1.29, 1.82) is 0 Å². The Morgan fingerprint density at radius 2 is 1.65 bits per heavy atom. The first-order valence-electron chi connectivity index (χ1n) is 10.3. The molecule has 2 saturated heterocycles. The van der Waals surface area contributed by atoms with Gasteiger partial charge in [-0.3, -0.25) is 14.5 Å². The molecule has 4 amide bonds. The van der Waals surface area contributed by atoms with Gasteiger partial charge in [0.2, 0.25) is 5.91 Å². The molecule has 2 heterocycles. The molecule has 0 saturated carbocycles. The largest absolute Gasteiger partial charge is 0.495 e. The highest BCUT2D eigenvalue weighted by atomic mass is 16.5. The maximum Gasteiger partial charge on any atom is 0.325 e. The SMILES string of the molecule is COc1ccccc1N1CCN(C(=O)CN2C(=O)N[C@](C)(c3ccccc3)C2=O)CC1. The van der Waals surface area contributed by atoms with Crippen LogP contribution in [0, 0.1) is 0 Å². The molecular weight excluding hydrogens is 396 g/mol. The Morgan fingerprint density at radius 1 is 1.00 bits per heavy atom. The summed E-state index contributed by atoms with van der Waals surface area (Å²) in [4.78, 5) is 43.3. The average Bonchev–Trinajstić information content (AvgIpc) is 3.03. The number of methoxy groups -OCH3 is 1. The molecule has 4 rings (SSSR count). The third-order valence-electron chi connectivity index (χ3n) is 5.98. The highest BCUT2D eigenvalue weighted by Crippen LogP contribution is 2.30. The number of imide groups is 1. The van der Waals surface area contributed by atoms with Gasteiger partial charge in [-0.05, 0) is 24.6 Å². The third kappa shape index (κ3) is 3.81. The number of hydrogen-bond acceptors (Lipinski definition) is 5. The number of benzene rings is 2. The van der Waals surface area contributed by atoms with Gasteiger partial charge in [0.25, 0.3) is 5.91 Å². The average molecular weight is 422 g/mol. The second-order valence-corrected chi connectivity index (χ2v) is 7.85. The van der Waals surface area contributed by atoms with Crippen molar-refractivity contribution in [3.63, 3.8) is 0 Å². The minimum Gasteiger partial charge on any atom is -0.495 e. The second kappa shape index (κ2) is 8.29. The number of urea groups is 1. The number of anilines is 1. The Bertz CT molecular complexity index is 988. The number of para-hydroxylation sites is 2. The molecule has 1 atom stereocenters. The molecule has 2 aliphatic heterocycles. The van der Waals surface area contributed by atoms with E-state index in [0.29, 0.717) is 31.7 Å². The smallest absolute Gasteiger partial charge is 0.325 e. The summed E-state index contributed by atoms with van der Waals surface area (Å²) in [6.45, 7) is 3.72. The van der Waals surface area contributed by atoms with Crippen LogP contribution in [0.25, 0.3) is 0 Å². The van der Waals surface area contributed by atoms with Crippen LogP contribution in [0.1, 0.15) is 12.5 Å². The van der Waals surface area contributed by atoms with Gasteiger partial charge < -0.3 is 19.9 Å². The molecule has 8 nitrogen and oxygen atoms in total. The topological polar surface area (TPSA) is 82.2 Å². The fraction of sp³-hybridized carbons (Fsp3) is 0.348. The van der Waals surface area contributed by atoms with Crippen LogP contribution < -0.4 is 15.0 Å². The van der Waals surface area contributed by atoms with E-state index in [4.69, 9.17) is 4.74 Å². The number of nitrogens with zero attached hydrogens (tertiary/aromatic N) is 3. The molecule has 2 aromatic carbocycles. The normalized spacial score (nSPS) is 21.3. The Balaban J connectivity index is 1.39. The van der Waals surface area contributed by atoms with Gasteiger partial charge in [-0.1, -0.05) is 42.5 Å². The van der Waals surface area contributed by atoms with E-state index in [0.717, 1.165) is 16.3 Å². The first-order chi connectivity index (χ1) is 14.9. The number of hydrogen-bond donors (Lipinski definition) is 1. The number of piperazine rings is 1. The lowest BCUT2D eigenvalue weighted by molar-refractivity contribution is -0.139. The third-order valence-corrected chi connectivity index (χ3v) is 5.98. The number of rotatable bonds is 5. The van der Waals surface area contributed by atoms with Crippen LogP contribution in [0.15, 0.2) is 54.6 Å². The lowest BCUT2D eigenvalue weighted by Gasteiger charge is -2.37. The van der Waals surface area contributed by atoms with E-state index in [9.17, 15) is 14.4 Å². The summed E-state index contributed by atoms with van der Waals surface area (Å²) in [5, 5.41) is 2.74. The van der Waals surface area contributed by atoms with Crippen molar-refractivity contribution in [2.24, 2.45) is 0 Å². The fourth-order valence-corrected chi connectivity index (χ4v) is 4.13. The Labute approximate surface area is 181 Å². The number of carbonyl (C=O) groups is 3. The summed E-state index contributed by atoms with van der Waals surface area (Å²) >= 11 is 0. The van der Waals surface area contributed by atoms with E-state index in [1.54, 1.807) is 31.1 Å². The minimum absolute atomic E-state index is 0.236. The van der Waals surface area contributed by atoms with E-state index < -0.39 is 17.5 Å². The molecule has 31 heavy (non-hydrogen) atoms. The van der Waals surface area contributed by atoms with E-state index in [1.807, 2.05) is 42.5 Å². The van der Waals surface area contributed by atoms with E-state index in [1.165, 1.54) is 0 Å². The van der Waals surface area contributed by atoms with Crippen LogP contribution in [0.2, 0.25) is 0 Å². The number of nitrogens with one attached hydrogen (secondary N) is 1. The molecule has 0 bridgehead atoms. The van der Waals surface area contributed by atoms with Gasteiger partial charge in [-0.25, -0.2) is 4.79 Å². The number of ether oxygens (including phenoxy) is 1. The zero-order valence-corrected chi connectivity index (χ0v) is 17.7. The van der Waals surface area contributed by atoms with Crippen LogP contribution in [0.4, 0.5) is 10.5 Å². The van der Waals surface area contributed by atoms with Crippen LogP contribution in [0.3, 0.4) is 0 Å². The molecule has 0 aromatic heterocycles. The maximum absolute atomic E-state index is 13.0. The summed E-state index contributed by atoms with van der Waals surface area (Å²) in [5.74, 6) is 0.145. The number of amides is 4. The molecule has 162 valence electrons. The van der Waals surface area contributed by atoms with Crippen LogP contribution in [0.5, 0.6) is 5.75 Å². The Kier molecular flexibility index (Phi) is 5.54. The van der Waals surface area contributed by atoms with E-state index in [-0.39, 0.29) is 12.5 Å². The molecule has 2 aliphatic rings. The highest BCUT2D eigenvalue weighted by molar-refractivity contribution is 6.09. The summed E-state index contributed by atoms with van der Waals surface area (Å²) < 4.78 is 5.43. The molecule has 0 spiro atoms. The highest BCUT2D eigenvalue weighted by Gasteiger charge is 2.49. The van der Waals surface area contributed by atoms with Gasteiger partial charge in [0.1, 0.15) is 17.8 Å². The van der Waals surface area contributed by atoms with Gasteiger partial charge in [0.15, 0.2) is 0 Å². The molecule has 0 unspecified atom stereocenters. The zero-order valence-electron chi connectivity index (χ0n) is 17.7. The summed E-state index contributed by atoms with van der Waals surface area (Å²) in [6.07, 6.45) is 0. The van der Waals surface area contributed by atoms with Crippen LogP contribution >= 0.6 is 0 Å². The minimum atomic E-state index is -1.17. The molecule has 8 heteroatoms. The van der Waals surface area contributed by atoms with Crippen molar-refractivity contribution in [3.8, 4) is 5.75 Å². The monoisotopic (exact) mass is 422 g/mol. The molecule has 2 aromatic rings. The predicted octanol–water partition coefficient (Wildman–Crippen LogP) is 1.81. The molecule has 0 radical (unpaired) electrons. The van der Waals surface area contributed by atoms with Crippen molar-refractivity contribution in [2.75, 3.05) is 44.7 Å². The second-order valence-electron chi connectivity index (χ2n) is 7.85. The van der Waals surface area contributed by atoms with E-state index >= 15 is 0 Å². The molecule has 1 N–H and O–H groups in total. The predicted molar refractivity (Wildman–Crippen MR) is 116 cm³/mol.